The van der Waals surface area contributed by atoms with Crippen LogP contribution in [0.15, 0.2) is 60.0 Å². The van der Waals surface area contributed by atoms with E-state index in [1.807, 2.05) is 24.3 Å². The Morgan fingerprint density at radius 3 is 2.54 bits per heavy atom. The van der Waals surface area contributed by atoms with Gasteiger partial charge in [-0.05, 0) is 52.2 Å². The molecule has 0 aliphatic rings. The number of benzene rings is 2. The molecule has 0 bridgehead atoms. The van der Waals surface area contributed by atoms with Gasteiger partial charge in [0.25, 0.3) is 5.91 Å². The molecule has 1 aromatic heterocycles. The van der Waals surface area contributed by atoms with Gasteiger partial charge in [0.1, 0.15) is 6.33 Å². The van der Waals surface area contributed by atoms with Crippen molar-refractivity contribution < 1.29 is 4.79 Å². The minimum Gasteiger partial charge on any atom is -0.267 e. The van der Waals surface area contributed by atoms with Crippen LogP contribution in [0.2, 0.25) is 0 Å². The normalized spacial score (nSPS) is 10.9. The third kappa shape index (κ3) is 3.70. The highest BCUT2D eigenvalue weighted by atomic mass is 16.2. The third-order valence-corrected chi connectivity index (χ3v) is 3.51. The largest absolute Gasteiger partial charge is 0.271 e. The smallest absolute Gasteiger partial charge is 0.267 e. The van der Waals surface area contributed by atoms with Gasteiger partial charge in [-0.3, -0.25) is 4.79 Å². The first kappa shape index (κ1) is 15.5. The number of aryl methyl sites for hydroxylation is 1. The molecular formula is C17H16N6O. The van der Waals surface area contributed by atoms with Crippen molar-refractivity contribution in [2.24, 2.45) is 5.10 Å². The average Bonchev–Trinajstić information content (AvgIpc) is 3.17. The predicted octanol–water partition coefficient (Wildman–Crippen LogP) is 1.99. The number of rotatable bonds is 5. The van der Waals surface area contributed by atoms with Crippen LogP contribution in [-0.4, -0.2) is 32.3 Å². The van der Waals surface area contributed by atoms with E-state index in [4.69, 9.17) is 0 Å². The van der Waals surface area contributed by atoms with Crippen molar-refractivity contribution >= 4 is 12.1 Å². The van der Waals surface area contributed by atoms with E-state index >= 15 is 0 Å². The van der Waals surface area contributed by atoms with Crippen molar-refractivity contribution in [3.05, 3.63) is 71.5 Å². The Hall–Kier alpha value is -3.35. The van der Waals surface area contributed by atoms with Crippen molar-refractivity contribution in [2.75, 3.05) is 0 Å². The SMILES string of the molecule is CCc1ccc(/C=N/NC(=O)c2ccc(-n3cnnn3)cc2)cc1. The molecule has 0 saturated heterocycles. The molecule has 7 heteroatoms. The van der Waals surface area contributed by atoms with Crippen LogP contribution < -0.4 is 5.43 Å². The molecule has 0 aliphatic heterocycles. The van der Waals surface area contributed by atoms with Crippen LogP contribution >= 0.6 is 0 Å². The molecule has 120 valence electrons. The van der Waals surface area contributed by atoms with Gasteiger partial charge >= 0.3 is 0 Å². The molecule has 0 atom stereocenters. The van der Waals surface area contributed by atoms with Crippen LogP contribution in [0.3, 0.4) is 0 Å². The van der Waals surface area contributed by atoms with Crippen LogP contribution in [0.5, 0.6) is 0 Å². The predicted molar refractivity (Wildman–Crippen MR) is 90.0 cm³/mol. The number of nitrogens with zero attached hydrogens (tertiary/aromatic N) is 5. The van der Waals surface area contributed by atoms with Gasteiger partial charge < -0.3 is 0 Å². The van der Waals surface area contributed by atoms with Crippen LogP contribution in [0.4, 0.5) is 0 Å². The molecule has 3 aromatic rings. The van der Waals surface area contributed by atoms with E-state index in [2.05, 4.69) is 33.0 Å². The fraction of sp³-hybridized carbons (Fsp3) is 0.118. The summed E-state index contributed by atoms with van der Waals surface area (Å²) in [6.07, 6.45) is 4.10. The van der Waals surface area contributed by atoms with E-state index in [0.717, 1.165) is 17.7 Å². The second-order valence-electron chi connectivity index (χ2n) is 5.10. The number of carbonyl (C=O) groups excluding carboxylic acids is 1. The number of hydrogen-bond acceptors (Lipinski definition) is 5. The van der Waals surface area contributed by atoms with E-state index in [1.165, 1.54) is 16.6 Å². The van der Waals surface area contributed by atoms with Gasteiger partial charge in [-0.2, -0.15) is 5.10 Å². The lowest BCUT2D eigenvalue weighted by atomic mass is 10.1. The second-order valence-corrected chi connectivity index (χ2v) is 5.10. The summed E-state index contributed by atoms with van der Waals surface area (Å²) in [6.45, 7) is 2.11. The molecule has 2 aromatic carbocycles. The molecule has 0 aliphatic carbocycles. The summed E-state index contributed by atoms with van der Waals surface area (Å²) in [7, 11) is 0. The van der Waals surface area contributed by atoms with Crippen molar-refractivity contribution in [1.29, 1.82) is 0 Å². The number of nitrogens with one attached hydrogen (secondary N) is 1. The highest BCUT2D eigenvalue weighted by Crippen LogP contribution is 2.07. The first-order valence-corrected chi connectivity index (χ1v) is 7.52. The molecule has 0 saturated carbocycles. The second kappa shape index (κ2) is 7.28. The quantitative estimate of drug-likeness (QED) is 0.575. The zero-order chi connectivity index (χ0) is 16.8. The molecule has 24 heavy (non-hydrogen) atoms. The number of hydrazone groups is 1. The van der Waals surface area contributed by atoms with E-state index in [0.29, 0.717) is 5.56 Å². The lowest BCUT2D eigenvalue weighted by molar-refractivity contribution is 0.0955. The molecule has 0 fully saturated rings. The van der Waals surface area contributed by atoms with Crippen LogP contribution in [0.1, 0.15) is 28.4 Å². The maximum atomic E-state index is 12.1. The van der Waals surface area contributed by atoms with Crippen molar-refractivity contribution in [2.45, 2.75) is 13.3 Å². The molecule has 1 heterocycles. The first-order valence-electron chi connectivity index (χ1n) is 7.52. The van der Waals surface area contributed by atoms with Crippen molar-refractivity contribution in [3.8, 4) is 5.69 Å². The van der Waals surface area contributed by atoms with E-state index in [1.54, 1.807) is 30.5 Å². The summed E-state index contributed by atoms with van der Waals surface area (Å²) >= 11 is 0. The van der Waals surface area contributed by atoms with Crippen molar-refractivity contribution in [1.82, 2.24) is 25.6 Å². The number of aromatic nitrogens is 4. The minimum absolute atomic E-state index is 0.278. The molecule has 0 unspecified atom stereocenters. The standard InChI is InChI=1S/C17H16N6O/c1-2-13-3-5-14(6-4-13)11-18-20-17(24)15-7-9-16(10-8-15)23-12-19-21-22-23/h3-12H,2H2,1H3,(H,20,24)/b18-11+. The Balaban J connectivity index is 1.61. The zero-order valence-electron chi connectivity index (χ0n) is 13.1. The molecular weight excluding hydrogens is 304 g/mol. The number of tetrazole rings is 1. The summed E-state index contributed by atoms with van der Waals surface area (Å²) < 4.78 is 1.51. The van der Waals surface area contributed by atoms with Gasteiger partial charge in [-0.25, -0.2) is 10.1 Å². The number of amides is 1. The first-order chi connectivity index (χ1) is 11.8. The summed E-state index contributed by atoms with van der Waals surface area (Å²) in [6, 6.07) is 14.9. The van der Waals surface area contributed by atoms with Gasteiger partial charge in [0.15, 0.2) is 0 Å². The Morgan fingerprint density at radius 1 is 1.17 bits per heavy atom. The summed E-state index contributed by atoms with van der Waals surface area (Å²) in [5, 5.41) is 14.9. The number of hydrogen-bond donors (Lipinski definition) is 1. The topological polar surface area (TPSA) is 85.1 Å². The van der Waals surface area contributed by atoms with E-state index < -0.39 is 0 Å². The summed E-state index contributed by atoms with van der Waals surface area (Å²) in [5.74, 6) is -0.278. The minimum atomic E-state index is -0.278. The molecule has 1 amide bonds. The van der Waals surface area contributed by atoms with Gasteiger partial charge in [0, 0.05) is 5.56 Å². The molecule has 3 rings (SSSR count). The highest BCUT2D eigenvalue weighted by molar-refractivity contribution is 5.95. The number of carbonyl (C=O) groups is 1. The fourth-order valence-corrected chi connectivity index (χ4v) is 2.11. The van der Waals surface area contributed by atoms with Gasteiger partial charge in [-0.15, -0.1) is 5.10 Å². The third-order valence-electron chi connectivity index (χ3n) is 3.51. The maximum Gasteiger partial charge on any atom is 0.271 e. The molecule has 7 nitrogen and oxygen atoms in total. The summed E-state index contributed by atoms with van der Waals surface area (Å²) in [4.78, 5) is 12.1. The van der Waals surface area contributed by atoms with Crippen LogP contribution in [-0.2, 0) is 6.42 Å². The summed E-state index contributed by atoms with van der Waals surface area (Å²) in [5.41, 5.74) is 5.99. The van der Waals surface area contributed by atoms with Crippen molar-refractivity contribution in [3.63, 3.8) is 0 Å². The molecule has 0 radical (unpaired) electrons. The van der Waals surface area contributed by atoms with Crippen LogP contribution in [0.25, 0.3) is 5.69 Å². The molecule has 1 N–H and O–H groups in total. The zero-order valence-corrected chi connectivity index (χ0v) is 13.1. The van der Waals surface area contributed by atoms with Gasteiger partial charge in [0.05, 0.1) is 11.9 Å². The van der Waals surface area contributed by atoms with Gasteiger partial charge in [-0.1, -0.05) is 31.2 Å². The van der Waals surface area contributed by atoms with Crippen LogP contribution in [0, 0.1) is 0 Å². The van der Waals surface area contributed by atoms with E-state index in [9.17, 15) is 4.79 Å². The Kier molecular flexibility index (Phi) is 4.71. The Labute approximate surface area is 139 Å². The monoisotopic (exact) mass is 320 g/mol. The lowest BCUT2D eigenvalue weighted by Crippen LogP contribution is -2.17. The molecule has 0 spiro atoms. The van der Waals surface area contributed by atoms with E-state index in [-0.39, 0.29) is 5.91 Å². The fourth-order valence-electron chi connectivity index (χ4n) is 2.11. The Morgan fingerprint density at radius 2 is 1.92 bits per heavy atom. The average molecular weight is 320 g/mol. The maximum absolute atomic E-state index is 12.1. The highest BCUT2D eigenvalue weighted by Gasteiger charge is 2.05. The Bertz CT molecular complexity index is 823. The van der Waals surface area contributed by atoms with Gasteiger partial charge in [0.2, 0.25) is 0 Å². The lowest BCUT2D eigenvalue weighted by Gasteiger charge is -2.02.